The number of methoxy groups -OCH3 is 1. The summed E-state index contributed by atoms with van der Waals surface area (Å²) in [5, 5.41) is 3.61. The van der Waals surface area contributed by atoms with Crippen molar-refractivity contribution in [2.24, 2.45) is 0 Å². The highest BCUT2D eigenvalue weighted by atomic mass is 35.5. The van der Waals surface area contributed by atoms with E-state index in [9.17, 15) is 4.79 Å². The highest BCUT2D eigenvalue weighted by molar-refractivity contribution is 6.30. The largest absolute Gasteiger partial charge is 0.496 e. The smallest absolute Gasteiger partial charge is 0.133 e. The van der Waals surface area contributed by atoms with Crippen LogP contribution >= 0.6 is 11.6 Å². The maximum absolute atomic E-state index is 10.1. The van der Waals surface area contributed by atoms with Crippen LogP contribution in [0.1, 0.15) is 5.56 Å². The number of benzene rings is 1. The molecular weight excluding hydrogens is 202 g/mol. The van der Waals surface area contributed by atoms with Crippen LogP contribution in [0.25, 0.3) is 0 Å². The molecule has 0 aliphatic heterocycles. The van der Waals surface area contributed by atoms with E-state index >= 15 is 0 Å². The number of rotatable bonds is 5. The predicted octanol–water partition coefficient (Wildman–Crippen LogP) is 1.64. The van der Waals surface area contributed by atoms with Gasteiger partial charge in [0.15, 0.2) is 0 Å². The van der Waals surface area contributed by atoms with Crippen molar-refractivity contribution in [3.8, 4) is 5.75 Å². The fourth-order valence-electron chi connectivity index (χ4n) is 1.15. The van der Waals surface area contributed by atoms with Crippen molar-refractivity contribution in [1.29, 1.82) is 0 Å². The molecule has 0 atom stereocenters. The first-order chi connectivity index (χ1) is 6.77. The minimum Gasteiger partial charge on any atom is -0.496 e. The zero-order valence-electron chi connectivity index (χ0n) is 7.92. The van der Waals surface area contributed by atoms with Gasteiger partial charge in [0.1, 0.15) is 12.0 Å². The lowest BCUT2D eigenvalue weighted by Gasteiger charge is -2.08. The minimum absolute atomic E-state index is 0.329. The molecule has 1 N–H and O–H groups in total. The standard InChI is InChI=1S/C10H12ClNO2/c1-14-10-3-2-9(11)6-8(10)7-12-4-5-13/h2-3,5-6,12H,4,7H2,1H3. The molecule has 0 aromatic heterocycles. The molecule has 0 bridgehead atoms. The molecule has 0 radical (unpaired) electrons. The number of aldehydes is 1. The van der Waals surface area contributed by atoms with Gasteiger partial charge >= 0.3 is 0 Å². The van der Waals surface area contributed by atoms with Crippen LogP contribution in [0.15, 0.2) is 18.2 Å². The van der Waals surface area contributed by atoms with Gasteiger partial charge in [-0.15, -0.1) is 0 Å². The van der Waals surface area contributed by atoms with E-state index < -0.39 is 0 Å². The molecule has 0 unspecified atom stereocenters. The molecular formula is C10H12ClNO2. The summed E-state index contributed by atoms with van der Waals surface area (Å²) >= 11 is 5.83. The molecule has 76 valence electrons. The molecule has 0 aliphatic carbocycles. The molecule has 0 saturated heterocycles. The topological polar surface area (TPSA) is 38.3 Å². The lowest BCUT2D eigenvalue weighted by Crippen LogP contribution is -2.15. The summed E-state index contributed by atoms with van der Waals surface area (Å²) in [6.45, 7) is 0.901. The lowest BCUT2D eigenvalue weighted by atomic mass is 10.2. The molecule has 0 saturated carbocycles. The third-order valence-corrected chi connectivity index (χ3v) is 2.02. The summed E-state index contributed by atoms with van der Waals surface area (Å²) in [6.07, 6.45) is 0.816. The molecule has 0 spiro atoms. The zero-order valence-corrected chi connectivity index (χ0v) is 8.67. The third-order valence-electron chi connectivity index (χ3n) is 1.79. The van der Waals surface area contributed by atoms with Gasteiger partial charge in [-0.2, -0.15) is 0 Å². The maximum Gasteiger partial charge on any atom is 0.133 e. The van der Waals surface area contributed by atoms with Crippen LogP contribution < -0.4 is 10.1 Å². The van der Waals surface area contributed by atoms with Gasteiger partial charge in [0.25, 0.3) is 0 Å². The van der Waals surface area contributed by atoms with E-state index in [1.54, 1.807) is 19.2 Å². The van der Waals surface area contributed by atoms with Gasteiger partial charge in [-0.25, -0.2) is 0 Å². The fraction of sp³-hybridized carbons (Fsp3) is 0.300. The van der Waals surface area contributed by atoms with Crippen LogP contribution in [-0.2, 0) is 11.3 Å². The number of hydrogen-bond acceptors (Lipinski definition) is 3. The summed E-state index contributed by atoms with van der Waals surface area (Å²) in [5.41, 5.74) is 0.946. The Bertz CT molecular complexity index is 315. The van der Waals surface area contributed by atoms with Gasteiger partial charge in [-0.1, -0.05) is 11.6 Å². The lowest BCUT2D eigenvalue weighted by molar-refractivity contribution is -0.107. The van der Waals surface area contributed by atoms with E-state index in [0.717, 1.165) is 17.6 Å². The number of nitrogens with one attached hydrogen (secondary N) is 1. The van der Waals surface area contributed by atoms with Crippen molar-refractivity contribution in [2.75, 3.05) is 13.7 Å². The van der Waals surface area contributed by atoms with Gasteiger partial charge in [0, 0.05) is 17.1 Å². The summed E-state index contributed by atoms with van der Waals surface area (Å²) in [7, 11) is 1.60. The maximum atomic E-state index is 10.1. The normalized spacial score (nSPS) is 9.86. The van der Waals surface area contributed by atoms with Crippen LogP contribution in [0.3, 0.4) is 0 Å². The molecule has 0 amide bonds. The molecule has 0 aliphatic rings. The van der Waals surface area contributed by atoms with Crippen molar-refractivity contribution in [2.45, 2.75) is 6.54 Å². The van der Waals surface area contributed by atoms with Crippen LogP contribution in [0.4, 0.5) is 0 Å². The van der Waals surface area contributed by atoms with Crippen molar-refractivity contribution < 1.29 is 9.53 Å². The van der Waals surface area contributed by atoms with Crippen LogP contribution in [0, 0.1) is 0 Å². The third kappa shape index (κ3) is 3.01. The first kappa shape index (κ1) is 11.0. The second-order valence-electron chi connectivity index (χ2n) is 2.75. The molecule has 1 aromatic carbocycles. The van der Waals surface area contributed by atoms with Gasteiger partial charge in [0.2, 0.25) is 0 Å². The van der Waals surface area contributed by atoms with Crippen molar-refractivity contribution in [1.82, 2.24) is 5.32 Å². The number of carbonyl (C=O) groups is 1. The Morgan fingerprint density at radius 3 is 3.00 bits per heavy atom. The predicted molar refractivity (Wildman–Crippen MR) is 55.8 cm³/mol. The number of halogens is 1. The second kappa shape index (κ2) is 5.62. The summed E-state index contributed by atoms with van der Waals surface area (Å²) in [6, 6.07) is 5.39. The van der Waals surface area contributed by atoms with E-state index in [2.05, 4.69) is 5.32 Å². The first-order valence-corrected chi connectivity index (χ1v) is 4.62. The Balaban J connectivity index is 2.71. The highest BCUT2D eigenvalue weighted by Crippen LogP contribution is 2.22. The molecule has 0 heterocycles. The van der Waals surface area contributed by atoms with E-state index in [-0.39, 0.29) is 0 Å². The number of carbonyl (C=O) groups excluding carboxylic acids is 1. The summed E-state index contributed by atoms with van der Waals surface area (Å²) < 4.78 is 5.14. The first-order valence-electron chi connectivity index (χ1n) is 4.24. The Morgan fingerprint density at radius 2 is 2.36 bits per heavy atom. The van der Waals surface area contributed by atoms with Crippen molar-refractivity contribution >= 4 is 17.9 Å². The Kier molecular flexibility index (Phi) is 4.43. The number of ether oxygens (including phenoxy) is 1. The van der Waals surface area contributed by atoms with Gasteiger partial charge in [0.05, 0.1) is 13.7 Å². The van der Waals surface area contributed by atoms with E-state index in [0.29, 0.717) is 18.1 Å². The average molecular weight is 214 g/mol. The molecule has 3 nitrogen and oxygen atoms in total. The number of hydrogen-bond donors (Lipinski definition) is 1. The molecule has 14 heavy (non-hydrogen) atoms. The Labute approximate surface area is 88.0 Å². The zero-order chi connectivity index (χ0) is 10.4. The average Bonchev–Trinajstić information content (AvgIpc) is 2.19. The van der Waals surface area contributed by atoms with Gasteiger partial charge < -0.3 is 14.8 Å². The SMILES string of the molecule is COc1ccc(Cl)cc1CNCC=O. The van der Waals surface area contributed by atoms with Crippen LogP contribution in [0.2, 0.25) is 5.02 Å². The molecule has 0 fully saturated rings. The Morgan fingerprint density at radius 1 is 1.57 bits per heavy atom. The second-order valence-corrected chi connectivity index (χ2v) is 3.19. The molecule has 4 heteroatoms. The van der Waals surface area contributed by atoms with E-state index in [1.165, 1.54) is 0 Å². The highest BCUT2D eigenvalue weighted by Gasteiger charge is 2.02. The molecule has 1 rings (SSSR count). The monoisotopic (exact) mass is 213 g/mol. The van der Waals surface area contributed by atoms with E-state index in [1.807, 2.05) is 6.07 Å². The van der Waals surface area contributed by atoms with Crippen molar-refractivity contribution in [3.63, 3.8) is 0 Å². The summed E-state index contributed by atoms with van der Waals surface area (Å²) in [5.74, 6) is 0.771. The van der Waals surface area contributed by atoms with E-state index in [4.69, 9.17) is 16.3 Å². The quantitative estimate of drug-likeness (QED) is 0.597. The minimum atomic E-state index is 0.329. The Hall–Kier alpha value is -1.06. The van der Waals surface area contributed by atoms with Gasteiger partial charge in [-0.05, 0) is 18.2 Å². The fourth-order valence-corrected chi connectivity index (χ4v) is 1.35. The van der Waals surface area contributed by atoms with Crippen LogP contribution in [0.5, 0.6) is 5.75 Å². The van der Waals surface area contributed by atoms with Crippen LogP contribution in [-0.4, -0.2) is 19.9 Å². The van der Waals surface area contributed by atoms with Gasteiger partial charge in [-0.3, -0.25) is 0 Å². The molecule has 1 aromatic rings. The summed E-state index contributed by atoms with van der Waals surface area (Å²) in [4.78, 5) is 10.1. The van der Waals surface area contributed by atoms with Crippen molar-refractivity contribution in [3.05, 3.63) is 28.8 Å².